The molecule has 21 heavy (non-hydrogen) atoms. The minimum absolute atomic E-state index is 0.00237. The summed E-state index contributed by atoms with van der Waals surface area (Å²) in [6, 6.07) is 3.98. The summed E-state index contributed by atoms with van der Waals surface area (Å²) in [7, 11) is 0. The largest absolute Gasteiger partial charge is 0.334 e. The highest BCUT2D eigenvalue weighted by molar-refractivity contribution is 5.74. The SMILES string of the molecule is C=CCC(N)C1CCN(C(=O)NCc2ccncc2)CC1. The first-order valence-corrected chi connectivity index (χ1v) is 7.49. The van der Waals surface area contributed by atoms with Crippen molar-refractivity contribution < 1.29 is 4.79 Å². The summed E-state index contributed by atoms with van der Waals surface area (Å²) < 4.78 is 0. The van der Waals surface area contributed by atoms with Crippen molar-refractivity contribution in [2.45, 2.75) is 31.8 Å². The molecular weight excluding hydrogens is 264 g/mol. The van der Waals surface area contributed by atoms with Gasteiger partial charge in [0.1, 0.15) is 0 Å². The molecular formula is C16H24N4O. The first-order chi connectivity index (χ1) is 10.2. The molecule has 1 aliphatic heterocycles. The predicted molar refractivity (Wildman–Crippen MR) is 83.6 cm³/mol. The number of amides is 2. The summed E-state index contributed by atoms with van der Waals surface area (Å²) in [6.45, 7) is 5.82. The smallest absolute Gasteiger partial charge is 0.317 e. The summed E-state index contributed by atoms with van der Waals surface area (Å²) in [5, 5.41) is 2.95. The molecule has 114 valence electrons. The van der Waals surface area contributed by atoms with Gasteiger partial charge in [-0.15, -0.1) is 6.58 Å². The first kappa shape index (κ1) is 15.5. The second-order valence-electron chi connectivity index (χ2n) is 5.53. The van der Waals surface area contributed by atoms with E-state index in [1.54, 1.807) is 12.4 Å². The summed E-state index contributed by atoms with van der Waals surface area (Å²) in [6.07, 6.45) is 8.12. The van der Waals surface area contributed by atoms with E-state index in [0.717, 1.165) is 37.9 Å². The maximum atomic E-state index is 12.1. The van der Waals surface area contributed by atoms with E-state index in [4.69, 9.17) is 5.73 Å². The van der Waals surface area contributed by atoms with Crippen LogP contribution in [-0.4, -0.2) is 35.0 Å². The Morgan fingerprint density at radius 3 is 2.76 bits per heavy atom. The average Bonchev–Trinajstić information content (AvgIpc) is 2.54. The molecule has 1 aromatic rings. The average molecular weight is 288 g/mol. The van der Waals surface area contributed by atoms with Crippen molar-refractivity contribution >= 4 is 6.03 Å². The molecule has 3 N–H and O–H groups in total. The minimum Gasteiger partial charge on any atom is -0.334 e. The molecule has 2 rings (SSSR count). The Labute approximate surface area is 126 Å². The third-order valence-electron chi connectivity index (χ3n) is 4.06. The number of rotatable bonds is 5. The van der Waals surface area contributed by atoms with Crippen molar-refractivity contribution in [3.8, 4) is 0 Å². The molecule has 1 aromatic heterocycles. The standard InChI is InChI=1S/C16H24N4O/c1-2-3-15(17)14-6-10-20(11-7-14)16(21)19-12-13-4-8-18-9-5-13/h2,4-5,8-9,14-15H,1,3,6-7,10-12,17H2,(H,19,21). The monoisotopic (exact) mass is 288 g/mol. The zero-order valence-electron chi connectivity index (χ0n) is 12.4. The second kappa shape index (κ2) is 7.78. The number of nitrogens with one attached hydrogen (secondary N) is 1. The predicted octanol–water partition coefficient (Wildman–Crippen LogP) is 1.91. The molecule has 1 saturated heterocycles. The number of likely N-dealkylation sites (tertiary alicyclic amines) is 1. The third-order valence-corrected chi connectivity index (χ3v) is 4.06. The highest BCUT2D eigenvalue weighted by atomic mass is 16.2. The Morgan fingerprint density at radius 2 is 2.14 bits per heavy atom. The maximum Gasteiger partial charge on any atom is 0.317 e. The van der Waals surface area contributed by atoms with Crippen LogP contribution in [0.4, 0.5) is 4.79 Å². The van der Waals surface area contributed by atoms with E-state index in [1.807, 2.05) is 23.1 Å². The Hall–Kier alpha value is -1.88. The lowest BCUT2D eigenvalue weighted by Crippen LogP contribution is -2.47. The van der Waals surface area contributed by atoms with Gasteiger partial charge in [0.2, 0.25) is 0 Å². The van der Waals surface area contributed by atoms with E-state index in [-0.39, 0.29) is 12.1 Å². The lowest BCUT2D eigenvalue weighted by Gasteiger charge is -2.34. The van der Waals surface area contributed by atoms with Crippen molar-refractivity contribution in [3.63, 3.8) is 0 Å². The molecule has 0 bridgehead atoms. The molecule has 5 nitrogen and oxygen atoms in total. The normalized spacial score (nSPS) is 17.3. The molecule has 0 aromatic carbocycles. The van der Waals surface area contributed by atoms with Crippen molar-refractivity contribution in [2.24, 2.45) is 11.7 Å². The van der Waals surface area contributed by atoms with Gasteiger partial charge in [0.15, 0.2) is 0 Å². The molecule has 0 aliphatic carbocycles. The van der Waals surface area contributed by atoms with Crippen LogP contribution in [0, 0.1) is 5.92 Å². The number of carbonyl (C=O) groups excluding carboxylic acids is 1. The molecule has 1 atom stereocenters. The molecule has 5 heteroatoms. The van der Waals surface area contributed by atoms with Gasteiger partial charge in [-0.25, -0.2) is 4.79 Å². The van der Waals surface area contributed by atoms with Gasteiger partial charge in [-0.1, -0.05) is 6.08 Å². The summed E-state index contributed by atoms with van der Waals surface area (Å²) >= 11 is 0. The third kappa shape index (κ3) is 4.56. The molecule has 1 fully saturated rings. The quantitative estimate of drug-likeness (QED) is 0.813. The van der Waals surface area contributed by atoms with Gasteiger partial charge in [0.25, 0.3) is 0 Å². The molecule has 1 unspecified atom stereocenters. The van der Waals surface area contributed by atoms with Gasteiger partial charge < -0.3 is 16.0 Å². The number of piperidine rings is 1. The topological polar surface area (TPSA) is 71.2 Å². The number of nitrogens with zero attached hydrogens (tertiary/aromatic N) is 2. The number of hydrogen-bond donors (Lipinski definition) is 2. The van der Waals surface area contributed by atoms with Crippen molar-refractivity contribution in [2.75, 3.05) is 13.1 Å². The Morgan fingerprint density at radius 1 is 1.48 bits per heavy atom. The zero-order valence-corrected chi connectivity index (χ0v) is 12.4. The second-order valence-corrected chi connectivity index (χ2v) is 5.53. The fourth-order valence-electron chi connectivity index (χ4n) is 2.71. The van der Waals surface area contributed by atoms with Gasteiger partial charge in [-0.2, -0.15) is 0 Å². The van der Waals surface area contributed by atoms with Crippen LogP contribution in [0.15, 0.2) is 37.2 Å². The summed E-state index contributed by atoms with van der Waals surface area (Å²) in [4.78, 5) is 18.0. The Kier molecular flexibility index (Phi) is 5.75. The van der Waals surface area contributed by atoms with Crippen LogP contribution < -0.4 is 11.1 Å². The van der Waals surface area contributed by atoms with Crippen LogP contribution in [0.3, 0.4) is 0 Å². The molecule has 1 aliphatic rings. The van der Waals surface area contributed by atoms with Crippen LogP contribution in [-0.2, 0) is 6.54 Å². The fraction of sp³-hybridized carbons (Fsp3) is 0.500. The van der Waals surface area contributed by atoms with Crippen molar-refractivity contribution in [1.29, 1.82) is 0 Å². The number of hydrogen-bond acceptors (Lipinski definition) is 3. The van der Waals surface area contributed by atoms with E-state index >= 15 is 0 Å². The van der Waals surface area contributed by atoms with Gasteiger partial charge in [-0.3, -0.25) is 4.98 Å². The Balaban J connectivity index is 1.74. The number of aromatic nitrogens is 1. The zero-order chi connectivity index (χ0) is 15.1. The first-order valence-electron chi connectivity index (χ1n) is 7.49. The fourth-order valence-corrected chi connectivity index (χ4v) is 2.71. The molecule has 0 saturated carbocycles. The van der Waals surface area contributed by atoms with E-state index in [0.29, 0.717) is 12.5 Å². The van der Waals surface area contributed by atoms with Crippen LogP contribution in [0.25, 0.3) is 0 Å². The molecule has 2 amide bonds. The van der Waals surface area contributed by atoms with Gasteiger partial charge >= 0.3 is 6.03 Å². The highest BCUT2D eigenvalue weighted by Gasteiger charge is 2.25. The summed E-state index contributed by atoms with van der Waals surface area (Å²) in [5.74, 6) is 0.493. The molecule has 2 heterocycles. The van der Waals surface area contributed by atoms with Crippen LogP contribution in [0.2, 0.25) is 0 Å². The minimum atomic E-state index is 0.00237. The van der Waals surface area contributed by atoms with Gasteiger partial charge in [0.05, 0.1) is 0 Å². The number of pyridine rings is 1. The summed E-state index contributed by atoms with van der Waals surface area (Å²) in [5.41, 5.74) is 7.18. The van der Waals surface area contributed by atoms with Crippen LogP contribution in [0.5, 0.6) is 0 Å². The van der Waals surface area contributed by atoms with Crippen molar-refractivity contribution in [1.82, 2.24) is 15.2 Å². The highest BCUT2D eigenvalue weighted by Crippen LogP contribution is 2.21. The number of urea groups is 1. The van der Waals surface area contributed by atoms with Gasteiger partial charge in [-0.05, 0) is 42.9 Å². The van der Waals surface area contributed by atoms with E-state index < -0.39 is 0 Å². The van der Waals surface area contributed by atoms with E-state index in [9.17, 15) is 4.79 Å². The Bertz CT molecular complexity index is 455. The maximum absolute atomic E-state index is 12.1. The van der Waals surface area contributed by atoms with Crippen LogP contribution >= 0.6 is 0 Å². The molecule has 0 spiro atoms. The number of carbonyl (C=O) groups is 1. The number of nitrogens with two attached hydrogens (primary N) is 1. The van der Waals surface area contributed by atoms with Gasteiger partial charge in [0, 0.05) is 38.1 Å². The molecule has 0 radical (unpaired) electrons. The lowest BCUT2D eigenvalue weighted by atomic mass is 9.88. The van der Waals surface area contributed by atoms with E-state index in [2.05, 4.69) is 16.9 Å². The van der Waals surface area contributed by atoms with Crippen molar-refractivity contribution in [3.05, 3.63) is 42.7 Å². The lowest BCUT2D eigenvalue weighted by molar-refractivity contribution is 0.162. The van der Waals surface area contributed by atoms with Crippen LogP contribution in [0.1, 0.15) is 24.8 Å². The van der Waals surface area contributed by atoms with E-state index in [1.165, 1.54) is 0 Å².